The van der Waals surface area contributed by atoms with E-state index in [0.29, 0.717) is 18.8 Å². The summed E-state index contributed by atoms with van der Waals surface area (Å²) in [5.74, 6) is -0.825. The van der Waals surface area contributed by atoms with Crippen molar-refractivity contribution in [2.75, 3.05) is 7.11 Å². The van der Waals surface area contributed by atoms with Gasteiger partial charge in [-0.3, -0.25) is 4.79 Å². The molecule has 114 valence electrons. The highest BCUT2D eigenvalue weighted by Gasteiger charge is 2.28. The van der Waals surface area contributed by atoms with Crippen LogP contribution in [0.5, 0.6) is 0 Å². The van der Waals surface area contributed by atoms with Crippen LogP contribution < -0.4 is 11.1 Å². The summed E-state index contributed by atoms with van der Waals surface area (Å²) < 4.78 is 4.43. The van der Waals surface area contributed by atoms with Crippen molar-refractivity contribution in [3.63, 3.8) is 0 Å². The monoisotopic (exact) mass is 296 g/mol. The van der Waals surface area contributed by atoms with Crippen molar-refractivity contribution in [3.05, 3.63) is 0 Å². The van der Waals surface area contributed by atoms with E-state index in [4.69, 9.17) is 5.73 Å². The zero-order chi connectivity index (χ0) is 14.3. The van der Waals surface area contributed by atoms with E-state index in [2.05, 4.69) is 10.1 Å². The summed E-state index contributed by atoms with van der Waals surface area (Å²) >= 11 is 0. The lowest BCUT2D eigenvalue weighted by molar-refractivity contribution is -0.152. The van der Waals surface area contributed by atoms with Crippen molar-refractivity contribution in [3.8, 4) is 0 Å². The predicted octanol–water partition coefficient (Wildman–Crippen LogP) is 0.210. The molecule has 3 atom stereocenters. The molecule has 0 rings (SSSR count). The molecule has 0 heterocycles. The highest BCUT2D eigenvalue weighted by atomic mass is 35.5. The van der Waals surface area contributed by atoms with Crippen LogP contribution in [0.1, 0.15) is 33.6 Å². The van der Waals surface area contributed by atoms with Crippen molar-refractivity contribution in [2.24, 2.45) is 11.7 Å². The number of aliphatic hydroxyl groups is 1. The van der Waals surface area contributed by atoms with Crippen LogP contribution in [0.4, 0.5) is 0 Å². The van der Waals surface area contributed by atoms with Crippen molar-refractivity contribution in [2.45, 2.75) is 51.8 Å². The number of rotatable bonds is 7. The van der Waals surface area contributed by atoms with Crippen LogP contribution in [0.2, 0.25) is 0 Å². The summed E-state index contributed by atoms with van der Waals surface area (Å²) in [6, 6.07) is -1.31. The number of carbonyl (C=O) groups excluding carboxylic acids is 2. The van der Waals surface area contributed by atoms with E-state index >= 15 is 0 Å². The molecule has 6 nitrogen and oxygen atoms in total. The highest BCUT2D eigenvalue weighted by molar-refractivity contribution is 5.85. The lowest BCUT2D eigenvalue weighted by Crippen LogP contribution is -2.52. The minimum atomic E-state index is -1.37. The number of hydrogen-bond donors (Lipinski definition) is 3. The Morgan fingerprint density at radius 2 is 1.89 bits per heavy atom. The minimum absolute atomic E-state index is 0. The lowest BCUT2D eigenvalue weighted by atomic mass is 10.0. The molecular formula is C12H25ClN2O4. The molecule has 0 aromatic heterocycles. The maximum absolute atomic E-state index is 11.8. The Bertz CT molecular complexity index is 287. The Morgan fingerprint density at radius 3 is 2.26 bits per heavy atom. The Hall–Kier alpha value is -0.850. The quantitative estimate of drug-likeness (QED) is 0.583. The van der Waals surface area contributed by atoms with Gasteiger partial charge in [-0.05, 0) is 18.8 Å². The Balaban J connectivity index is 0. The van der Waals surface area contributed by atoms with Gasteiger partial charge in [0, 0.05) is 0 Å². The molecule has 0 saturated heterocycles. The Labute approximate surface area is 120 Å². The summed E-state index contributed by atoms with van der Waals surface area (Å²) in [4.78, 5) is 23.0. The average molecular weight is 297 g/mol. The molecule has 0 radical (unpaired) electrons. The van der Waals surface area contributed by atoms with Crippen molar-refractivity contribution >= 4 is 24.3 Å². The normalized spacial score (nSPS) is 15.1. The van der Waals surface area contributed by atoms with Gasteiger partial charge in [-0.25, -0.2) is 4.79 Å². The molecular weight excluding hydrogens is 272 g/mol. The number of ether oxygens (including phenoxy) is 1. The molecule has 4 N–H and O–H groups in total. The maximum Gasteiger partial charge on any atom is 0.336 e. The number of amides is 1. The second-order valence-corrected chi connectivity index (χ2v) is 4.73. The van der Waals surface area contributed by atoms with Gasteiger partial charge in [0.1, 0.15) is 0 Å². The highest BCUT2D eigenvalue weighted by Crippen LogP contribution is 2.05. The molecule has 2 unspecified atom stereocenters. The number of halogens is 1. The van der Waals surface area contributed by atoms with E-state index in [1.165, 1.54) is 7.11 Å². The number of aliphatic hydroxyl groups excluding tert-OH is 1. The van der Waals surface area contributed by atoms with Crippen molar-refractivity contribution in [1.82, 2.24) is 5.32 Å². The molecule has 1 amide bonds. The summed E-state index contributed by atoms with van der Waals surface area (Å²) in [6.07, 6.45) is -0.400. The van der Waals surface area contributed by atoms with Crippen LogP contribution in [0, 0.1) is 5.92 Å². The molecule has 19 heavy (non-hydrogen) atoms. The first-order chi connectivity index (χ1) is 8.33. The number of nitrogens with two attached hydrogens (primary N) is 1. The molecule has 0 fully saturated rings. The lowest BCUT2D eigenvalue weighted by Gasteiger charge is -2.23. The van der Waals surface area contributed by atoms with E-state index in [-0.39, 0.29) is 18.3 Å². The molecule has 0 aliphatic heterocycles. The van der Waals surface area contributed by atoms with Crippen molar-refractivity contribution < 1.29 is 19.4 Å². The number of esters is 1. The standard InChI is InChI=1S/C12H24N2O4.ClH/c1-5-9(10(15)12(17)18-4)14-11(16)8(13)6-7(2)3;/h7-10,15H,5-6,13H2,1-4H3,(H,14,16);1H/t8-,9?,10?;/m0./s1. The number of carbonyl (C=O) groups is 2. The van der Waals surface area contributed by atoms with Crippen LogP contribution in [-0.4, -0.2) is 42.3 Å². The SMILES string of the molecule is CCC(NC(=O)[C@@H](N)CC(C)C)C(O)C(=O)OC.Cl. The molecule has 7 heteroatoms. The number of nitrogens with one attached hydrogen (secondary N) is 1. The van der Waals surface area contributed by atoms with Gasteiger partial charge < -0.3 is 20.9 Å². The van der Waals surface area contributed by atoms with Crippen LogP contribution >= 0.6 is 12.4 Å². The minimum Gasteiger partial charge on any atom is -0.467 e. The van der Waals surface area contributed by atoms with Gasteiger partial charge >= 0.3 is 5.97 Å². The van der Waals surface area contributed by atoms with Gasteiger partial charge in [0.05, 0.1) is 19.2 Å². The second-order valence-electron chi connectivity index (χ2n) is 4.73. The first-order valence-electron chi connectivity index (χ1n) is 6.15. The Kier molecular flexibility index (Phi) is 10.8. The van der Waals surface area contributed by atoms with Crippen molar-refractivity contribution in [1.29, 1.82) is 0 Å². The summed E-state index contributed by atoms with van der Waals surface area (Å²) in [6.45, 7) is 5.69. The van der Waals surface area contributed by atoms with Crippen LogP contribution in [0.3, 0.4) is 0 Å². The maximum atomic E-state index is 11.8. The molecule has 0 aromatic rings. The molecule has 0 aromatic carbocycles. The fourth-order valence-corrected chi connectivity index (χ4v) is 1.59. The van der Waals surface area contributed by atoms with Gasteiger partial charge in [-0.15, -0.1) is 12.4 Å². The molecule has 0 aliphatic carbocycles. The fourth-order valence-electron chi connectivity index (χ4n) is 1.59. The Morgan fingerprint density at radius 1 is 1.37 bits per heavy atom. The largest absolute Gasteiger partial charge is 0.467 e. The topological polar surface area (TPSA) is 102 Å². The molecule has 0 saturated carbocycles. The predicted molar refractivity (Wildman–Crippen MR) is 74.9 cm³/mol. The van der Waals surface area contributed by atoms with E-state index in [0.717, 1.165) is 0 Å². The van der Waals surface area contributed by atoms with Gasteiger partial charge in [0.15, 0.2) is 6.10 Å². The third-order valence-corrected chi connectivity index (χ3v) is 2.65. The van der Waals surface area contributed by atoms with E-state index < -0.39 is 24.2 Å². The van der Waals surface area contributed by atoms with Gasteiger partial charge in [-0.1, -0.05) is 20.8 Å². The van der Waals surface area contributed by atoms with E-state index in [9.17, 15) is 14.7 Å². The average Bonchev–Trinajstić information content (AvgIpc) is 2.32. The van der Waals surface area contributed by atoms with Crippen LogP contribution in [0.15, 0.2) is 0 Å². The van der Waals surface area contributed by atoms with Gasteiger partial charge in [0.25, 0.3) is 0 Å². The zero-order valence-corrected chi connectivity index (χ0v) is 12.7. The van der Waals surface area contributed by atoms with E-state index in [1.807, 2.05) is 13.8 Å². The summed E-state index contributed by atoms with van der Waals surface area (Å²) in [5, 5.41) is 12.2. The second kappa shape index (κ2) is 10.00. The molecule has 0 aliphatic rings. The first-order valence-corrected chi connectivity index (χ1v) is 6.15. The number of hydrogen-bond acceptors (Lipinski definition) is 5. The summed E-state index contributed by atoms with van der Waals surface area (Å²) in [7, 11) is 1.19. The first kappa shape index (κ1) is 20.5. The van der Waals surface area contributed by atoms with Gasteiger partial charge in [-0.2, -0.15) is 0 Å². The molecule has 0 bridgehead atoms. The third-order valence-electron chi connectivity index (χ3n) is 2.65. The van der Waals surface area contributed by atoms with Crippen LogP contribution in [0.25, 0.3) is 0 Å². The summed E-state index contributed by atoms with van der Waals surface area (Å²) in [5.41, 5.74) is 5.72. The van der Waals surface area contributed by atoms with Crippen LogP contribution in [-0.2, 0) is 14.3 Å². The van der Waals surface area contributed by atoms with Gasteiger partial charge in [0.2, 0.25) is 5.91 Å². The number of methoxy groups -OCH3 is 1. The molecule has 0 spiro atoms. The zero-order valence-electron chi connectivity index (χ0n) is 11.9. The third kappa shape index (κ3) is 7.34. The van der Waals surface area contributed by atoms with E-state index in [1.54, 1.807) is 6.92 Å². The smallest absolute Gasteiger partial charge is 0.336 e. The fraction of sp³-hybridized carbons (Fsp3) is 0.833.